The van der Waals surface area contributed by atoms with Gasteiger partial charge in [0.2, 0.25) is 0 Å². The molecule has 172 valence electrons. The number of carboxylic acid groups (broad SMARTS) is 1. The summed E-state index contributed by atoms with van der Waals surface area (Å²) in [4.78, 5) is 27.6. The molecule has 1 amide bonds. The van der Waals surface area contributed by atoms with Gasteiger partial charge < -0.3 is 24.9 Å². The standard InChI is InChI=1S/C27H24N2O5/c1-33-17-10-11-24-22(13-17)16(14-28-24)12-25(26(30)31)29-27(32)34-15-23-20-8-4-2-6-18(20)19-7-3-5-9-21(19)23/h2-11,13-14,23,25,28H,12,15H2,1H3,(H,29,32)(H,30,31)/t25-/m1/s1. The normalized spacial score (nSPS) is 13.2. The monoisotopic (exact) mass is 456 g/mol. The highest BCUT2D eigenvalue weighted by molar-refractivity contribution is 5.86. The van der Waals surface area contributed by atoms with E-state index in [0.717, 1.165) is 38.7 Å². The predicted octanol–water partition coefficient (Wildman–Crippen LogP) is 4.71. The number of H-pyrrole nitrogens is 1. The molecule has 5 rings (SSSR count). The first kappa shape index (κ1) is 21.6. The van der Waals surface area contributed by atoms with Gasteiger partial charge in [-0.15, -0.1) is 0 Å². The predicted molar refractivity (Wildman–Crippen MR) is 128 cm³/mol. The average molecular weight is 456 g/mol. The highest BCUT2D eigenvalue weighted by Gasteiger charge is 2.30. The van der Waals surface area contributed by atoms with Crippen molar-refractivity contribution < 1.29 is 24.2 Å². The number of carboxylic acids is 1. The second-order valence-electron chi connectivity index (χ2n) is 8.29. The number of methoxy groups -OCH3 is 1. The summed E-state index contributed by atoms with van der Waals surface area (Å²) in [6, 6.07) is 20.5. The third-order valence-corrected chi connectivity index (χ3v) is 6.33. The van der Waals surface area contributed by atoms with Crippen molar-refractivity contribution in [3.8, 4) is 16.9 Å². The third-order valence-electron chi connectivity index (χ3n) is 6.33. The zero-order valence-corrected chi connectivity index (χ0v) is 18.6. The molecule has 0 unspecified atom stereocenters. The molecular formula is C27H24N2O5. The molecule has 0 aliphatic heterocycles. The minimum absolute atomic E-state index is 0.0949. The Balaban J connectivity index is 1.29. The van der Waals surface area contributed by atoms with Crippen LogP contribution in [0.25, 0.3) is 22.0 Å². The van der Waals surface area contributed by atoms with Gasteiger partial charge in [-0.25, -0.2) is 9.59 Å². The Morgan fingerprint density at radius 1 is 1.03 bits per heavy atom. The Kier molecular flexibility index (Phi) is 5.67. The van der Waals surface area contributed by atoms with Gasteiger partial charge in [0, 0.05) is 29.4 Å². The van der Waals surface area contributed by atoms with E-state index in [1.165, 1.54) is 0 Å². The maximum absolute atomic E-state index is 12.6. The van der Waals surface area contributed by atoms with Crippen LogP contribution in [0.3, 0.4) is 0 Å². The van der Waals surface area contributed by atoms with Crippen molar-refractivity contribution >= 4 is 23.0 Å². The van der Waals surface area contributed by atoms with Gasteiger partial charge in [-0.05, 0) is 46.0 Å². The average Bonchev–Trinajstić information content (AvgIpc) is 3.40. The van der Waals surface area contributed by atoms with Crippen LogP contribution >= 0.6 is 0 Å². The number of fused-ring (bicyclic) bond motifs is 4. The van der Waals surface area contributed by atoms with Crippen molar-refractivity contribution in [3.63, 3.8) is 0 Å². The lowest BCUT2D eigenvalue weighted by Gasteiger charge is -2.17. The Hall–Kier alpha value is -4.26. The van der Waals surface area contributed by atoms with Gasteiger partial charge in [-0.3, -0.25) is 0 Å². The van der Waals surface area contributed by atoms with E-state index in [9.17, 15) is 14.7 Å². The minimum atomic E-state index is -1.14. The lowest BCUT2D eigenvalue weighted by molar-refractivity contribution is -0.139. The van der Waals surface area contributed by atoms with Gasteiger partial charge in [0.1, 0.15) is 18.4 Å². The number of nitrogens with one attached hydrogen (secondary N) is 2. The number of benzene rings is 3. The molecule has 1 aliphatic carbocycles. The van der Waals surface area contributed by atoms with Crippen LogP contribution in [0.1, 0.15) is 22.6 Å². The summed E-state index contributed by atoms with van der Waals surface area (Å²) in [5.74, 6) is -0.557. The Labute approximate surface area is 196 Å². The first-order chi connectivity index (χ1) is 16.5. The number of carbonyl (C=O) groups excluding carboxylic acids is 1. The van der Waals surface area contributed by atoms with E-state index in [1.807, 2.05) is 54.6 Å². The van der Waals surface area contributed by atoms with Crippen molar-refractivity contribution in [2.24, 2.45) is 0 Å². The quantitative estimate of drug-likeness (QED) is 0.374. The molecule has 7 heteroatoms. The Bertz CT molecular complexity index is 1330. The summed E-state index contributed by atoms with van der Waals surface area (Å²) >= 11 is 0. The fourth-order valence-electron chi connectivity index (χ4n) is 4.66. The van der Waals surface area contributed by atoms with Crippen LogP contribution in [0.15, 0.2) is 72.9 Å². The van der Waals surface area contributed by atoms with E-state index in [2.05, 4.69) is 22.4 Å². The van der Waals surface area contributed by atoms with Crippen molar-refractivity contribution in [1.82, 2.24) is 10.3 Å². The molecular weight excluding hydrogens is 432 g/mol. The van der Waals surface area contributed by atoms with Crippen LogP contribution in [0, 0.1) is 0 Å². The maximum Gasteiger partial charge on any atom is 0.407 e. The first-order valence-electron chi connectivity index (χ1n) is 11.0. The van der Waals surface area contributed by atoms with E-state index in [4.69, 9.17) is 9.47 Å². The summed E-state index contributed by atoms with van der Waals surface area (Å²) in [5, 5.41) is 13.1. The second-order valence-corrected chi connectivity index (χ2v) is 8.29. The van der Waals surface area contributed by atoms with Crippen molar-refractivity contribution in [2.45, 2.75) is 18.4 Å². The summed E-state index contributed by atoms with van der Waals surface area (Å²) in [7, 11) is 1.58. The summed E-state index contributed by atoms with van der Waals surface area (Å²) < 4.78 is 10.8. The van der Waals surface area contributed by atoms with Crippen LogP contribution < -0.4 is 10.1 Å². The maximum atomic E-state index is 12.6. The second kappa shape index (κ2) is 8.94. The molecule has 3 aromatic carbocycles. The third kappa shape index (κ3) is 3.96. The van der Waals surface area contributed by atoms with Gasteiger partial charge in [-0.2, -0.15) is 0 Å². The van der Waals surface area contributed by atoms with E-state index in [-0.39, 0.29) is 18.9 Å². The van der Waals surface area contributed by atoms with E-state index in [0.29, 0.717) is 5.75 Å². The van der Waals surface area contributed by atoms with Gasteiger partial charge in [0.15, 0.2) is 0 Å². The summed E-state index contributed by atoms with van der Waals surface area (Å²) in [6.07, 6.45) is 1.10. The molecule has 0 fully saturated rings. The molecule has 1 aromatic heterocycles. The molecule has 0 saturated carbocycles. The molecule has 7 nitrogen and oxygen atoms in total. The molecule has 3 N–H and O–H groups in total. The van der Waals surface area contributed by atoms with Crippen LogP contribution in [0.4, 0.5) is 4.79 Å². The van der Waals surface area contributed by atoms with Crippen LogP contribution in [0.2, 0.25) is 0 Å². The van der Waals surface area contributed by atoms with Crippen LogP contribution in [-0.2, 0) is 16.0 Å². The van der Waals surface area contributed by atoms with Crippen molar-refractivity contribution in [1.29, 1.82) is 0 Å². The molecule has 1 heterocycles. The van der Waals surface area contributed by atoms with Crippen LogP contribution in [0.5, 0.6) is 5.75 Å². The number of ether oxygens (including phenoxy) is 2. The van der Waals surface area contributed by atoms with E-state index < -0.39 is 18.1 Å². The molecule has 0 spiro atoms. The molecule has 0 bridgehead atoms. The SMILES string of the molecule is COc1ccc2[nH]cc(C[C@@H](NC(=O)OCC3c4ccccc4-c4ccccc43)C(=O)O)c2c1. The lowest BCUT2D eigenvalue weighted by atomic mass is 9.98. The largest absolute Gasteiger partial charge is 0.497 e. The van der Waals surface area contributed by atoms with Gasteiger partial charge in [-0.1, -0.05) is 48.5 Å². The Morgan fingerprint density at radius 3 is 2.35 bits per heavy atom. The number of aromatic nitrogens is 1. The topological polar surface area (TPSA) is 101 Å². The molecule has 34 heavy (non-hydrogen) atoms. The van der Waals surface area contributed by atoms with Crippen molar-refractivity contribution in [3.05, 3.63) is 89.6 Å². The van der Waals surface area contributed by atoms with Crippen LogP contribution in [-0.4, -0.2) is 41.9 Å². The minimum Gasteiger partial charge on any atom is -0.497 e. The summed E-state index contributed by atoms with van der Waals surface area (Å²) in [5.41, 5.74) is 6.08. The van der Waals surface area contributed by atoms with Crippen molar-refractivity contribution in [2.75, 3.05) is 13.7 Å². The zero-order chi connectivity index (χ0) is 23.7. The van der Waals surface area contributed by atoms with Gasteiger partial charge in [0.05, 0.1) is 7.11 Å². The Morgan fingerprint density at radius 2 is 1.71 bits per heavy atom. The molecule has 0 radical (unpaired) electrons. The summed E-state index contributed by atoms with van der Waals surface area (Å²) in [6.45, 7) is 0.122. The van der Waals surface area contributed by atoms with E-state index >= 15 is 0 Å². The number of aromatic amines is 1. The van der Waals surface area contributed by atoms with Gasteiger partial charge in [0.25, 0.3) is 0 Å². The number of rotatable bonds is 7. The lowest BCUT2D eigenvalue weighted by Crippen LogP contribution is -2.42. The first-order valence-corrected chi connectivity index (χ1v) is 11.0. The fourth-order valence-corrected chi connectivity index (χ4v) is 4.66. The zero-order valence-electron chi connectivity index (χ0n) is 18.6. The molecule has 0 saturated heterocycles. The number of carbonyl (C=O) groups is 2. The molecule has 4 aromatic rings. The highest BCUT2D eigenvalue weighted by Crippen LogP contribution is 2.44. The number of alkyl carbamates (subject to hydrolysis) is 1. The fraction of sp³-hybridized carbons (Fsp3) is 0.185. The smallest absolute Gasteiger partial charge is 0.407 e. The molecule has 1 atom stereocenters. The number of hydrogen-bond acceptors (Lipinski definition) is 4. The van der Waals surface area contributed by atoms with E-state index in [1.54, 1.807) is 13.3 Å². The number of hydrogen-bond donors (Lipinski definition) is 3. The highest BCUT2D eigenvalue weighted by atomic mass is 16.5. The number of amides is 1. The molecule has 1 aliphatic rings. The number of aliphatic carboxylic acids is 1. The van der Waals surface area contributed by atoms with Gasteiger partial charge >= 0.3 is 12.1 Å².